The van der Waals surface area contributed by atoms with Gasteiger partial charge in [-0.3, -0.25) is 0 Å². The summed E-state index contributed by atoms with van der Waals surface area (Å²) in [5, 5.41) is 0. The molecule has 0 aromatic rings. The van der Waals surface area contributed by atoms with Gasteiger partial charge in [0.1, 0.15) is 6.10 Å². The van der Waals surface area contributed by atoms with Crippen molar-refractivity contribution >= 4 is 11.9 Å². The topological polar surface area (TPSA) is 52.6 Å². The highest BCUT2D eigenvalue weighted by molar-refractivity contribution is 6.29. The SMILES string of the molecule is COC(=O)C(=O)OC1CC2CCC1(C)C2(C)C. The van der Waals surface area contributed by atoms with Gasteiger partial charge in [-0.1, -0.05) is 20.8 Å². The van der Waals surface area contributed by atoms with Crippen LogP contribution in [0.2, 0.25) is 0 Å². The number of esters is 2. The number of hydrogen-bond donors (Lipinski definition) is 0. The molecule has 0 saturated heterocycles. The first-order valence-electron chi connectivity index (χ1n) is 6.12. The summed E-state index contributed by atoms with van der Waals surface area (Å²) in [5.41, 5.74) is 0.162. The maximum Gasteiger partial charge on any atom is 0.417 e. The lowest BCUT2D eigenvalue weighted by atomic mass is 9.70. The first-order valence-corrected chi connectivity index (χ1v) is 6.12. The summed E-state index contributed by atoms with van der Waals surface area (Å²) in [7, 11) is 1.19. The largest absolute Gasteiger partial charge is 0.461 e. The van der Waals surface area contributed by atoms with E-state index in [4.69, 9.17) is 4.74 Å². The molecule has 3 atom stereocenters. The van der Waals surface area contributed by atoms with Crippen molar-refractivity contribution in [3.63, 3.8) is 0 Å². The maximum atomic E-state index is 11.5. The van der Waals surface area contributed by atoms with Crippen LogP contribution < -0.4 is 0 Å². The number of rotatable bonds is 1. The van der Waals surface area contributed by atoms with Crippen LogP contribution in [0, 0.1) is 16.7 Å². The Bertz CT molecular complexity index is 360. The Balaban J connectivity index is 2.11. The summed E-state index contributed by atoms with van der Waals surface area (Å²) in [6.07, 6.45) is 2.97. The minimum atomic E-state index is -0.908. The lowest BCUT2D eigenvalue weighted by Gasteiger charge is -2.38. The Kier molecular flexibility index (Phi) is 2.71. The molecule has 0 aromatic carbocycles. The molecule has 3 unspecified atom stereocenters. The number of fused-ring (bicyclic) bond motifs is 2. The highest BCUT2D eigenvalue weighted by atomic mass is 16.6. The molecular formula is C13H20O4. The van der Waals surface area contributed by atoms with Gasteiger partial charge in [-0.15, -0.1) is 0 Å². The van der Waals surface area contributed by atoms with Gasteiger partial charge in [0.25, 0.3) is 0 Å². The molecule has 0 aromatic heterocycles. The monoisotopic (exact) mass is 240 g/mol. The van der Waals surface area contributed by atoms with Gasteiger partial charge < -0.3 is 9.47 Å². The minimum Gasteiger partial charge on any atom is -0.461 e. The Morgan fingerprint density at radius 1 is 1.18 bits per heavy atom. The molecule has 2 rings (SSSR count). The molecule has 0 heterocycles. The third-order valence-electron chi connectivity index (χ3n) is 5.32. The minimum absolute atomic E-state index is 0.0126. The molecule has 2 fully saturated rings. The zero-order valence-corrected chi connectivity index (χ0v) is 10.9. The molecule has 2 bridgehead atoms. The highest BCUT2D eigenvalue weighted by Gasteiger charge is 2.63. The fourth-order valence-electron chi connectivity index (χ4n) is 3.57. The summed E-state index contributed by atoms with van der Waals surface area (Å²) in [6.45, 7) is 6.63. The first-order chi connectivity index (χ1) is 7.83. The lowest BCUT2D eigenvalue weighted by molar-refractivity contribution is -0.174. The number of carbonyl (C=O) groups is 2. The molecule has 0 aliphatic heterocycles. The van der Waals surface area contributed by atoms with Gasteiger partial charge in [0.2, 0.25) is 0 Å². The van der Waals surface area contributed by atoms with Crippen LogP contribution in [0.25, 0.3) is 0 Å². The number of hydrogen-bond acceptors (Lipinski definition) is 4. The quantitative estimate of drug-likeness (QED) is 0.519. The van der Waals surface area contributed by atoms with Crippen LogP contribution in [0.4, 0.5) is 0 Å². The van der Waals surface area contributed by atoms with E-state index >= 15 is 0 Å². The van der Waals surface area contributed by atoms with Crippen LogP contribution in [-0.2, 0) is 19.1 Å². The molecule has 0 spiro atoms. The Hall–Kier alpha value is -1.06. The smallest absolute Gasteiger partial charge is 0.417 e. The molecule has 17 heavy (non-hydrogen) atoms. The van der Waals surface area contributed by atoms with Crippen molar-refractivity contribution in [1.82, 2.24) is 0 Å². The summed E-state index contributed by atoms with van der Waals surface area (Å²) in [5.74, 6) is -1.18. The molecule has 96 valence electrons. The van der Waals surface area contributed by atoms with E-state index in [1.807, 2.05) is 0 Å². The highest BCUT2D eigenvalue weighted by Crippen LogP contribution is 2.66. The third kappa shape index (κ3) is 1.57. The van der Waals surface area contributed by atoms with Crippen LogP contribution in [0.3, 0.4) is 0 Å². The second-order valence-electron chi connectivity index (χ2n) is 6.00. The molecular weight excluding hydrogens is 220 g/mol. The molecule has 0 N–H and O–H groups in total. The third-order valence-corrected chi connectivity index (χ3v) is 5.32. The van der Waals surface area contributed by atoms with E-state index in [1.165, 1.54) is 13.5 Å². The van der Waals surface area contributed by atoms with Gasteiger partial charge in [-0.05, 0) is 30.6 Å². The van der Waals surface area contributed by atoms with Crippen molar-refractivity contribution in [2.45, 2.75) is 46.1 Å². The van der Waals surface area contributed by atoms with Gasteiger partial charge >= 0.3 is 11.9 Å². The van der Waals surface area contributed by atoms with E-state index in [2.05, 4.69) is 25.5 Å². The van der Waals surface area contributed by atoms with Crippen LogP contribution in [-0.4, -0.2) is 25.2 Å². The Morgan fingerprint density at radius 3 is 2.24 bits per heavy atom. The Labute approximate surface area is 102 Å². The predicted molar refractivity (Wildman–Crippen MR) is 61.1 cm³/mol. The van der Waals surface area contributed by atoms with E-state index in [0.29, 0.717) is 5.92 Å². The van der Waals surface area contributed by atoms with Gasteiger partial charge in [-0.2, -0.15) is 0 Å². The van der Waals surface area contributed by atoms with Crippen molar-refractivity contribution in [3.8, 4) is 0 Å². The fraction of sp³-hybridized carbons (Fsp3) is 0.846. The molecule has 4 nitrogen and oxygen atoms in total. The van der Waals surface area contributed by atoms with E-state index in [9.17, 15) is 9.59 Å². The van der Waals surface area contributed by atoms with Crippen LogP contribution in [0.5, 0.6) is 0 Å². The summed E-state index contributed by atoms with van der Waals surface area (Å²) in [6, 6.07) is 0. The molecule has 4 heteroatoms. The van der Waals surface area contributed by atoms with Gasteiger partial charge in [0.05, 0.1) is 7.11 Å². The second-order valence-corrected chi connectivity index (χ2v) is 6.00. The molecule has 2 aliphatic carbocycles. The number of methoxy groups -OCH3 is 1. The summed E-state index contributed by atoms with van der Waals surface area (Å²) in [4.78, 5) is 22.5. The van der Waals surface area contributed by atoms with Crippen molar-refractivity contribution in [3.05, 3.63) is 0 Å². The average Bonchev–Trinajstić information content (AvgIpc) is 2.60. The normalized spacial score (nSPS) is 37.9. The van der Waals surface area contributed by atoms with Crippen molar-refractivity contribution in [2.24, 2.45) is 16.7 Å². The van der Waals surface area contributed by atoms with Gasteiger partial charge in [0.15, 0.2) is 0 Å². The second kappa shape index (κ2) is 3.72. The molecule has 2 saturated carbocycles. The maximum absolute atomic E-state index is 11.5. The zero-order valence-electron chi connectivity index (χ0n) is 10.9. The average molecular weight is 240 g/mol. The molecule has 0 radical (unpaired) electrons. The van der Waals surface area contributed by atoms with Crippen LogP contribution >= 0.6 is 0 Å². The fourth-order valence-corrected chi connectivity index (χ4v) is 3.57. The van der Waals surface area contributed by atoms with E-state index < -0.39 is 11.9 Å². The lowest BCUT2D eigenvalue weighted by Crippen LogP contribution is -2.39. The van der Waals surface area contributed by atoms with Crippen LogP contribution in [0.15, 0.2) is 0 Å². The molecule has 2 aliphatic rings. The number of carbonyl (C=O) groups excluding carboxylic acids is 2. The van der Waals surface area contributed by atoms with Crippen LogP contribution in [0.1, 0.15) is 40.0 Å². The van der Waals surface area contributed by atoms with Crippen molar-refractivity contribution in [1.29, 1.82) is 0 Å². The van der Waals surface area contributed by atoms with Gasteiger partial charge in [0, 0.05) is 5.41 Å². The molecule has 0 amide bonds. The zero-order chi connectivity index (χ0) is 12.8. The summed E-state index contributed by atoms with van der Waals surface area (Å²) >= 11 is 0. The summed E-state index contributed by atoms with van der Waals surface area (Å²) < 4.78 is 9.70. The standard InChI is InChI=1S/C13H20O4/c1-12(2)8-5-6-13(12,3)9(7-8)17-11(15)10(14)16-4/h8-9H,5-7H2,1-4H3. The predicted octanol–water partition coefficient (Wildman–Crippen LogP) is 1.92. The Morgan fingerprint density at radius 2 is 1.82 bits per heavy atom. The number of ether oxygens (including phenoxy) is 2. The van der Waals surface area contributed by atoms with E-state index in [0.717, 1.165) is 12.8 Å². The van der Waals surface area contributed by atoms with Crippen molar-refractivity contribution in [2.75, 3.05) is 7.11 Å². The van der Waals surface area contributed by atoms with Gasteiger partial charge in [-0.25, -0.2) is 9.59 Å². The van der Waals surface area contributed by atoms with E-state index in [-0.39, 0.29) is 16.9 Å². The van der Waals surface area contributed by atoms with Crippen molar-refractivity contribution < 1.29 is 19.1 Å². The first kappa shape index (κ1) is 12.4. The van der Waals surface area contributed by atoms with E-state index in [1.54, 1.807) is 0 Å².